The Bertz CT molecular complexity index is 299. The highest BCUT2D eigenvalue weighted by Crippen LogP contribution is 2.32. The molecule has 0 spiro atoms. The smallest absolute Gasteiger partial charge is 0.0645 e. The lowest BCUT2D eigenvalue weighted by Gasteiger charge is -2.48. The molecule has 0 aliphatic carbocycles. The van der Waals surface area contributed by atoms with Crippen molar-refractivity contribution >= 4 is 0 Å². The molecular weight excluding hydrogens is 252 g/mol. The summed E-state index contributed by atoms with van der Waals surface area (Å²) in [6.45, 7) is 15.7. The Balaban J connectivity index is 2.02. The minimum Gasteiger partial charge on any atom is -0.381 e. The highest BCUT2D eigenvalue weighted by Gasteiger charge is 2.40. The Morgan fingerprint density at radius 3 is 2.50 bits per heavy atom. The lowest BCUT2D eigenvalue weighted by molar-refractivity contribution is -0.0928. The third kappa shape index (κ3) is 4.17. The molecule has 118 valence electrons. The summed E-state index contributed by atoms with van der Waals surface area (Å²) < 4.78 is 11.5. The van der Waals surface area contributed by atoms with E-state index in [4.69, 9.17) is 9.47 Å². The van der Waals surface area contributed by atoms with E-state index in [2.05, 4.69) is 37.9 Å². The molecule has 4 heteroatoms. The first-order valence-corrected chi connectivity index (χ1v) is 8.08. The van der Waals surface area contributed by atoms with Crippen LogP contribution in [0.25, 0.3) is 0 Å². The van der Waals surface area contributed by atoms with E-state index in [0.717, 1.165) is 46.1 Å². The van der Waals surface area contributed by atoms with Crippen LogP contribution in [0.5, 0.6) is 0 Å². The molecule has 2 aliphatic rings. The van der Waals surface area contributed by atoms with Gasteiger partial charge in [0.05, 0.1) is 19.8 Å². The summed E-state index contributed by atoms with van der Waals surface area (Å²) in [4.78, 5) is 2.60. The van der Waals surface area contributed by atoms with Crippen LogP contribution in [0.2, 0.25) is 0 Å². The Labute approximate surface area is 124 Å². The van der Waals surface area contributed by atoms with Crippen LogP contribution in [-0.4, -0.2) is 62.5 Å². The van der Waals surface area contributed by atoms with Gasteiger partial charge in [0.15, 0.2) is 0 Å². The molecule has 0 radical (unpaired) electrons. The number of nitrogens with zero attached hydrogens (tertiary/aromatic N) is 1. The summed E-state index contributed by atoms with van der Waals surface area (Å²) >= 11 is 0. The topological polar surface area (TPSA) is 33.7 Å². The van der Waals surface area contributed by atoms with Crippen LogP contribution in [0.4, 0.5) is 0 Å². The predicted octanol–water partition coefficient (Wildman–Crippen LogP) is 1.89. The maximum Gasteiger partial charge on any atom is 0.0645 e. The molecule has 2 rings (SSSR count). The average molecular weight is 284 g/mol. The summed E-state index contributed by atoms with van der Waals surface area (Å²) in [7, 11) is 0. The summed E-state index contributed by atoms with van der Waals surface area (Å²) in [5.74, 6) is 0. The fraction of sp³-hybridized carbons (Fsp3) is 1.00. The van der Waals surface area contributed by atoms with Gasteiger partial charge in [-0.1, -0.05) is 13.8 Å². The predicted molar refractivity (Wildman–Crippen MR) is 82.1 cm³/mol. The van der Waals surface area contributed by atoms with Gasteiger partial charge in [-0.15, -0.1) is 0 Å². The molecule has 2 aliphatic heterocycles. The van der Waals surface area contributed by atoms with Gasteiger partial charge >= 0.3 is 0 Å². The summed E-state index contributed by atoms with van der Waals surface area (Å²) in [5, 5.41) is 3.64. The second kappa shape index (κ2) is 6.73. The second-order valence-corrected chi connectivity index (χ2v) is 7.48. The van der Waals surface area contributed by atoms with Crippen molar-refractivity contribution in [2.75, 3.05) is 46.1 Å². The van der Waals surface area contributed by atoms with E-state index in [-0.39, 0.29) is 11.0 Å². The van der Waals surface area contributed by atoms with Crippen molar-refractivity contribution in [2.24, 2.45) is 5.41 Å². The van der Waals surface area contributed by atoms with E-state index in [1.165, 1.54) is 12.8 Å². The van der Waals surface area contributed by atoms with Gasteiger partial charge in [0.25, 0.3) is 0 Å². The zero-order chi connectivity index (χ0) is 14.6. The van der Waals surface area contributed by atoms with E-state index in [1.807, 2.05) is 0 Å². The molecule has 0 aromatic carbocycles. The van der Waals surface area contributed by atoms with Gasteiger partial charge in [-0.2, -0.15) is 0 Å². The fourth-order valence-corrected chi connectivity index (χ4v) is 3.24. The molecule has 1 atom stereocenters. The highest BCUT2D eigenvalue weighted by atomic mass is 16.5. The Kier molecular flexibility index (Phi) is 5.46. The quantitative estimate of drug-likeness (QED) is 0.836. The minimum absolute atomic E-state index is 0.139. The molecule has 2 saturated heterocycles. The number of morpholine rings is 1. The van der Waals surface area contributed by atoms with Gasteiger partial charge in [0.1, 0.15) is 0 Å². The normalized spacial score (nSPS) is 31.6. The van der Waals surface area contributed by atoms with E-state index < -0.39 is 0 Å². The number of nitrogens with one attached hydrogen (secondary N) is 1. The standard InChI is InChI=1S/C16H32N2O2/c1-14(2)17-10-16(6-5-8-19-13-16)11-18-7-9-20-12-15(18,3)4/h14,17H,5-13H2,1-4H3. The Hall–Kier alpha value is -0.160. The van der Waals surface area contributed by atoms with Crippen molar-refractivity contribution in [3.63, 3.8) is 0 Å². The highest BCUT2D eigenvalue weighted by molar-refractivity contribution is 4.93. The first-order valence-electron chi connectivity index (χ1n) is 8.08. The molecule has 1 unspecified atom stereocenters. The van der Waals surface area contributed by atoms with Gasteiger partial charge < -0.3 is 14.8 Å². The zero-order valence-electron chi connectivity index (χ0n) is 13.7. The van der Waals surface area contributed by atoms with E-state index in [1.54, 1.807) is 0 Å². The molecular formula is C16H32N2O2. The second-order valence-electron chi connectivity index (χ2n) is 7.48. The maximum atomic E-state index is 5.83. The number of hydrogen-bond donors (Lipinski definition) is 1. The van der Waals surface area contributed by atoms with Crippen molar-refractivity contribution in [3.05, 3.63) is 0 Å². The molecule has 20 heavy (non-hydrogen) atoms. The Morgan fingerprint density at radius 1 is 1.15 bits per heavy atom. The third-order valence-corrected chi connectivity index (χ3v) is 4.63. The van der Waals surface area contributed by atoms with E-state index in [0.29, 0.717) is 6.04 Å². The summed E-state index contributed by atoms with van der Waals surface area (Å²) in [5.41, 5.74) is 0.400. The lowest BCUT2D eigenvalue weighted by Crippen LogP contribution is -2.59. The van der Waals surface area contributed by atoms with Gasteiger partial charge in [0, 0.05) is 43.2 Å². The van der Waals surface area contributed by atoms with Gasteiger partial charge in [0.2, 0.25) is 0 Å². The summed E-state index contributed by atoms with van der Waals surface area (Å²) in [6.07, 6.45) is 2.45. The van der Waals surface area contributed by atoms with Gasteiger partial charge in [-0.05, 0) is 26.7 Å². The number of hydrogen-bond acceptors (Lipinski definition) is 4. The van der Waals surface area contributed by atoms with Crippen LogP contribution in [0.15, 0.2) is 0 Å². The van der Waals surface area contributed by atoms with Crippen LogP contribution >= 0.6 is 0 Å². The molecule has 1 N–H and O–H groups in total. The maximum absolute atomic E-state index is 5.83. The molecule has 0 bridgehead atoms. The first kappa shape index (κ1) is 16.2. The van der Waals surface area contributed by atoms with Crippen molar-refractivity contribution in [2.45, 2.75) is 52.1 Å². The van der Waals surface area contributed by atoms with Gasteiger partial charge in [-0.25, -0.2) is 0 Å². The molecule has 0 aromatic heterocycles. The SMILES string of the molecule is CC(C)NCC1(CN2CCOCC2(C)C)CCCOC1. The average Bonchev–Trinajstić information content (AvgIpc) is 2.40. The van der Waals surface area contributed by atoms with Crippen molar-refractivity contribution in [1.29, 1.82) is 0 Å². The van der Waals surface area contributed by atoms with Gasteiger partial charge in [-0.3, -0.25) is 4.90 Å². The minimum atomic E-state index is 0.139. The van der Waals surface area contributed by atoms with Crippen LogP contribution in [-0.2, 0) is 9.47 Å². The lowest BCUT2D eigenvalue weighted by atomic mass is 9.80. The van der Waals surface area contributed by atoms with E-state index >= 15 is 0 Å². The summed E-state index contributed by atoms with van der Waals surface area (Å²) in [6, 6.07) is 0.534. The first-order chi connectivity index (χ1) is 9.44. The molecule has 0 aromatic rings. The molecule has 4 nitrogen and oxygen atoms in total. The van der Waals surface area contributed by atoms with Crippen molar-refractivity contribution in [1.82, 2.24) is 10.2 Å². The molecule has 2 fully saturated rings. The Morgan fingerprint density at radius 2 is 1.90 bits per heavy atom. The third-order valence-electron chi connectivity index (χ3n) is 4.63. The largest absolute Gasteiger partial charge is 0.381 e. The van der Waals surface area contributed by atoms with E-state index in [9.17, 15) is 0 Å². The fourth-order valence-electron chi connectivity index (χ4n) is 3.24. The molecule has 0 amide bonds. The van der Waals surface area contributed by atoms with Crippen LogP contribution in [0.3, 0.4) is 0 Å². The van der Waals surface area contributed by atoms with Crippen LogP contribution in [0, 0.1) is 5.41 Å². The van der Waals surface area contributed by atoms with Crippen molar-refractivity contribution < 1.29 is 9.47 Å². The van der Waals surface area contributed by atoms with Crippen LogP contribution < -0.4 is 5.32 Å². The van der Waals surface area contributed by atoms with Crippen molar-refractivity contribution in [3.8, 4) is 0 Å². The number of ether oxygens (including phenoxy) is 2. The zero-order valence-corrected chi connectivity index (χ0v) is 13.7. The molecule has 2 heterocycles. The monoisotopic (exact) mass is 284 g/mol. The molecule has 0 saturated carbocycles. The van der Waals surface area contributed by atoms with Crippen LogP contribution in [0.1, 0.15) is 40.5 Å². The number of rotatable bonds is 5.